The first-order valence-corrected chi connectivity index (χ1v) is 28.9. The minimum absolute atomic E-state index is 0.0171. The Kier molecular flexibility index (Phi) is 78.7. The number of carbonyl (C=O) groups is 2. The Morgan fingerprint density at radius 2 is 0.855 bits per heavy atom. The third kappa shape index (κ3) is 63.6. The summed E-state index contributed by atoms with van der Waals surface area (Å²) >= 11 is 2.15. The molecule has 2 unspecified atom stereocenters. The van der Waals surface area contributed by atoms with Crippen LogP contribution < -0.4 is 0 Å². The number of hydrogen-bond donors (Lipinski definition) is 2. The van der Waals surface area contributed by atoms with Gasteiger partial charge in [-0.2, -0.15) is 0 Å². The van der Waals surface area contributed by atoms with E-state index in [1.165, 1.54) is 167 Å². The van der Waals surface area contributed by atoms with Crippen molar-refractivity contribution >= 4 is 34.8 Å². The van der Waals surface area contributed by atoms with Crippen LogP contribution in [0, 0.1) is 24.7 Å². The van der Waals surface area contributed by atoms with Crippen LogP contribution in [0.3, 0.4) is 0 Å². The molecule has 0 aliphatic heterocycles. The van der Waals surface area contributed by atoms with Crippen LogP contribution in [-0.4, -0.2) is 71.8 Å². The number of nitrogens with zero attached hydrogens (tertiary/aromatic N) is 1. The van der Waals surface area contributed by atoms with Crippen LogP contribution in [0.15, 0.2) is 0 Å². The molecule has 0 radical (unpaired) electrons. The molecule has 0 rings (SSSR count). The summed E-state index contributed by atoms with van der Waals surface area (Å²) in [6.07, 6.45) is 52.7. The molecule has 0 aliphatic rings. The van der Waals surface area contributed by atoms with E-state index in [2.05, 4.69) is 68.0 Å². The van der Waals surface area contributed by atoms with E-state index in [4.69, 9.17) is 9.84 Å². The van der Waals surface area contributed by atoms with Gasteiger partial charge in [0.2, 0.25) is 0 Å². The second-order valence-corrected chi connectivity index (χ2v) is 17.2. The minimum atomic E-state index is -0.0171. The number of aliphatic hydroxyl groups is 2. The largest absolute Gasteiger partial charge is 0.465 e. The van der Waals surface area contributed by atoms with E-state index in [0.717, 1.165) is 77.3 Å². The van der Waals surface area contributed by atoms with Crippen molar-refractivity contribution in [3.8, 4) is 12.8 Å². The molecule has 6 nitrogen and oxygen atoms in total. The van der Waals surface area contributed by atoms with Gasteiger partial charge in [-0.25, -0.2) is 0 Å². The van der Waals surface area contributed by atoms with Crippen LogP contribution in [0.1, 0.15) is 273 Å². The summed E-state index contributed by atoms with van der Waals surface area (Å²) in [6, 6.07) is 0. The van der Waals surface area contributed by atoms with Crippen molar-refractivity contribution in [1.29, 1.82) is 0 Å². The minimum Gasteiger partial charge on any atom is -0.465 e. The summed E-state index contributed by atoms with van der Waals surface area (Å²) in [5, 5.41) is 18.5. The maximum Gasteiger partial charge on any atom is 0.305 e. The Morgan fingerprint density at radius 1 is 0.516 bits per heavy atom. The van der Waals surface area contributed by atoms with Crippen LogP contribution >= 0.6 is 22.6 Å². The first-order valence-electron chi connectivity index (χ1n) is 26.8. The average molecular weight is 994 g/mol. The van der Waals surface area contributed by atoms with Gasteiger partial charge >= 0.3 is 5.97 Å². The molecule has 0 aromatic carbocycles. The number of alkyl halides is 1. The second kappa shape index (κ2) is 69.3. The van der Waals surface area contributed by atoms with Crippen molar-refractivity contribution in [2.24, 2.45) is 11.8 Å². The Bertz CT molecular complexity index is 797. The van der Waals surface area contributed by atoms with E-state index in [1.54, 1.807) is 0 Å². The van der Waals surface area contributed by atoms with E-state index in [-0.39, 0.29) is 12.6 Å². The lowest BCUT2D eigenvalue weighted by atomic mass is 9.95. The summed E-state index contributed by atoms with van der Waals surface area (Å²) in [4.78, 5) is 27.3. The number of carbonyl (C=O) groups excluding carboxylic acids is 2. The van der Waals surface area contributed by atoms with Gasteiger partial charge in [0.05, 0.1) is 6.61 Å². The SMILES string of the molecule is C#C.CC.CCCCCCCCC(CCCCCC)COC(=O)CCCCCN(CCCCO)CCCCCC=O.CCCCCCCCCCC(CO)CCCCCC.CI. The molecule has 7 heteroatoms. The molecule has 374 valence electrons. The zero-order valence-electron chi connectivity index (χ0n) is 43.0. The Labute approximate surface area is 404 Å². The van der Waals surface area contributed by atoms with Crippen LogP contribution in [0.4, 0.5) is 0 Å². The molecule has 0 aromatic heterocycles. The van der Waals surface area contributed by atoms with Crippen molar-refractivity contribution in [3.63, 3.8) is 0 Å². The predicted octanol–water partition coefficient (Wildman–Crippen LogP) is 16.7. The van der Waals surface area contributed by atoms with Gasteiger partial charge in [-0.3, -0.25) is 4.79 Å². The Morgan fingerprint density at radius 3 is 1.24 bits per heavy atom. The molecule has 2 atom stereocenters. The number of rotatable bonds is 45. The molecular weight excluding hydrogens is 882 g/mol. The van der Waals surface area contributed by atoms with E-state index in [9.17, 15) is 14.7 Å². The number of unbranched alkanes of at least 4 members (excludes halogenated alkanes) is 24. The van der Waals surface area contributed by atoms with E-state index in [1.807, 2.05) is 18.8 Å². The molecule has 0 saturated heterocycles. The maximum atomic E-state index is 12.4. The zero-order valence-corrected chi connectivity index (χ0v) is 45.2. The number of terminal acetylenes is 1. The van der Waals surface area contributed by atoms with Gasteiger partial charge < -0.3 is 24.6 Å². The van der Waals surface area contributed by atoms with Crippen molar-refractivity contribution in [2.45, 2.75) is 273 Å². The molecule has 0 heterocycles. The molecule has 0 saturated carbocycles. The number of aliphatic hydroxyl groups excluding tert-OH is 2. The summed E-state index contributed by atoms with van der Waals surface area (Å²) in [6.45, 7) is 17.4. The highest BCUT2D eigenvalue weighted by atomic mass is 127. The first kappa shape index (κ1) is 70.3. The normalized spacial score (nSPS) is 11.4. The molecular formula is C55H112INO5. The summed E-state index contributed by atoms with van der Waals surface area (Å²) in [5.41, 5.74) is 0. The topological polar surface area (TPSA) is 87.1 Å². The lowest BCUT2D eigenvalue weighted by Gasteiger charge is -2.22. The molecule has 0 spiro atoms. The smallest absolute Gasteiger partial charge is 0.305 e. The fourth-order valence-corrected chi connectivity index (χ4v) is 7.72. The lowest BCUT2D eigenvalue weighted by Crippen LogP contribution is -2.27. The zero-order chi connectivity index (χ0) is 47.4. The van der Waals surface area contributed by atoms with E-state index in [0.29, 0.717) is 37.9 Å². The number of ether oxygens (including phenoxy) is 1. The van der Waals surface area contributed by atoms with E-state index >= 15 is 0 Å². The number of aldehydes is 1. The van der Waals surface area contributed by atoms with E-state index < -0.39 is 0 Å². The number of hydrogen-bond acceptors (Lipinski definition) is 6. The maximum absolute atomic E-state index is 12.4. The van der Waals surface area contributed by atoms with Gasteiger partial charge in [0.15, 0.2) is 0 Å². The highest BCUT2D eigenvalue weighted by Gasteiger charge is 2.13. The van der Waals surface area contributed by atoms with Gasteiger partial charge in [0.1, 0.15) is 6.29 Å². The highest BCUT2D eigenvalue weighted by Crippen LogP contribution is 2.21. The van der Waals surface area contributed by atoms with Crippen molar-refractivity contribution in [2.75, 3.05) is 44.4 Å². The van der Waals surface area contributed by atoms with Gasteiger partial charge in [-0.05, 0) is 101 Å². The van der Waals surface area contributed by atoms with Gasteiger partial charge in [-0.15, -0.1) is 12.8 Å². The first-order chi connectivity index (χ1) is 30.5. The number of halogens is 1. The van der Waals surface area contributed by atoms with Gasteiger partial charge in [0, 0.05) is 26.1 Å². The lowest BCUT2D eigenvalue weighted by molar-refractivity contribution is -0.145. The second-order valence-electron chi connectivity index (χ2n) is 17.2. The van der Waals surface area contributed by atoms with Crippen LogP contribution in [0.2, 0.25) is 0 Å². The molecule has 0 fully saturated rings. The predicted molar refractivity (Wildman–Crippen MR) is 285 cm³/mol. The fourth-order valence-electron chi connectivity index (χ4n) is 7.72. The molecule has 0 aromatic rings. The standard InChI is InChI=1S/C32H63NO4.C18H38O.C2H6.C2H2.CH3I/c1-3-5-7-9-10-15-23-31(22-14-8-6-4-2)30-37-32(36)24-16-13-18-26-33(27-19-21-29-35)25-17-11-12-20-28-34;1-3-5-7-9-10-11-12-14-16-18(17-19)15-13-8-6-4-2;3*1-2/h28,31,35H,3-27,29-30H2,1-2H3;18-19H,3-17H2,1-2H3;1-2H3;1-2H;1H3. The van der Waals surface area contributed by atoms with Crippen molar-refractivity contribution in [1.82, 2.24) is 4.90 Å². The van der Waals surface area contributed by atoms with Gasteiger partial charge in [0.25, 0.3) is 0 Å². The third-order valence-electron chi connectivity index (χ3n) is 11.6. The summed E-state index contributed by atoms with van der Waals surface area (Å²) < 4.78 is 5.74. The molecule has 62 heavy (non-hydrogen) atoms. The molecule has 0 amide bonds. The quantitative estimate of drug-likeness (QED) is 0.0158. The van der Waals surface area contributed by atoms with Crippen molar-refractivity contribution < 1.29 is 24.5 Å². The average Bonchev–Trinajstić information content (AvgIpc) is 3.31. The highest BCUT2D eigenvalue weighted by molar-refractivity contribution is 14.1. The van der Waals surface area contributed by atoms with Crippen LogP contribution in [0.5, 0.6) is 0 Å². The third-order valence-corrected chi connectivity index (χ3v) is 11.6. The molecule has 0 bridgehead atoms. The fraction of sp³-hybridized carbons (Fsp3) is 0.927. The number of esters is 1. The van der Waals surface area contributed by atoms with Crippen LogP contribution in [0.25, 0.3) is 0 Å². The summed E-state index contributed by atoms with van der Waals surface area (Å²) in [7, 11) is 0. The molecule has 0 aliphatic carbocycles. The van der Waals surface area contributed by atoms with Crippen molar-refractivity contribution in [3.05, 3.63) is 0 Å². The molecule has 2 N–H and O–H groups in total. The monoisotopic (exact) mass is 994 g/mol. The van der Waals surface area contributed by atoms with Gasteiger partial charge in [-0.1, -0.05) is 218 Å². The summed E-state index contributed by atoms with van der Waals surface area (Å²) in [5.74, 6) is 1.10. The Hall–Kier alpha value is -0.690. The van der Waals surface area contributed by atoms with Crippen LogP contribution in [-0.2, 0) is 14.3 Å². The Balaban J connectivity index is -0.000000363.